The Kier molecular flexibility index (Phi) is 2.48. The van der Waals surface area contributed by atoms with Crippen LogP contribution in [-0.4, -0.2) is 18.5 Å². The summed E-state index contributed by atoms with van der Waals surface area (Å²) in [5.74, 6) is 2.52. The van der Waals surface area contributed by atoms with Crippen molar-refractivity contribution in [2.45, 2.75) is 45.6 Å². The van der Waals surface area contributed by atoms with Crippen LogP contribution in [0.25, 0.3) is 0 Å². The standard InChI is InChI=1S/C15H22O2/c1-9-8-17-14-7-15(3)12(5-4-10(2)16)13(15)6-11(9)14/h11-14H,1,4-8H2,2-3H3/t11-,12+,13+,14-,15-/m1/s1. The van der Waals surface area contributed by atoms with E-state index in [9.17, 15) is 4.79 Å². The fourth-order valence-electron chi connectivity index (χ4n) is 4.32. The van der Waals surface area contributed by atoms with E-state index in [0.717, 1.165) is 31.3 Å². The molecule has 0 aromatic heterocycles. The van der Waals surface area contributed by atoms with Crippen LogP contribution >= 0.6 is 0 Å². The number of ether oxygens (including phenoxy) is 1. The summed E-state index contributed by atoms with van der Waals surface area (Å²) < 4.78 is 5.84. The molecule has 2 heteroatoms. The molecule has 0 aromatic rings. The zero-order chi connectivity index (χ0) is 12.2. The first-order valence-corrected chi connectivity index (χ1v) is 6.81. The van der Waals surface area contributed by atoms with Crippen molar-refractivity contribution in [3.63, 3.8) is 0 Å². The third-order valence-electron chi connectivity index (χ3n) is 5.48. The van der Waals surface area contributed by atoms with E-state index in [0.29, 0.717) is 23.2 Å². The summed E-state index contributed by atoms with van der Waals surface area (Å²) in [6.07, 6.45) is 4.70. The molecule has 1 saturated heterocycles. The van der Waals surface area contributed by atoms with Crippen LogP contribution in [0.3, 0.4) is 0 Å². The predicted molar refractivity (Wildman–Crippen MR) is 66.6 cm³/mol. The second-order valence-corrected chi connectivity index (χ2v) is 6.51. The van der Waals surface area contributed by atoms with Gasteiger partial charge in [0.1, 0.15) is 5.78 Å². The minimum absolute atomic E-state index is 0.332. The molecule has 0 unspecified atom stereocenters. The molecule has 3 fully saturated rings. The molecular formula is C15H22O2. The van der Waals surface area contributed by atoms with E-state index in [1.165, 1.54) is 18.4 Å². The van der Waals surface area contributed by atoms with Crippen molar-refractivity contribution in [1.82, 2.24) is 0 Å². The molecule has 0 spiro atoms. The summed E-state index contributed by atoms with van der Waals surface area (Å²) in [4.78, 5) is 11.1. The molecule has 2 nitrogen and oxygen atoms in total. The maximum absolute atomic E-state index is 11.1. The van der Waals surface area contributed by atoms with Gasteiger partial charge in [-0.15, -0.1) is 0 Å². The summed E-state index contributed by atoms with van der Waals surface area (Å²) >= 11 is 0. The highest BCUT2D eigenvalue weighted by molar-refractivity contribution is 5.75. The van der Waals surface area contributed by atoms with Gasteiger partial charge in [-0.1, -0.05) is 13.5 Å². The van der Waals surface area contributed by atoms with Gasteiger partial charge in [-0.2, -0.15) is 0 Å². The van der Waals surface area contributed by atoms with Crippen molar-refractivity contribution in [1.29, 1.82) is 0 Å². The third-order valence-corrected chi connectivity index (χ3v) is 5.48. The van der Waals surface area contributed by atoms with Crippen LogP contribution in [-0.2, 0) is 9.53 Å². The van der Waals surface area contributed by atoms with Crippen molar-refractivity contribution < 1.29 is 9.53 Å². The van der Waals surface area contributed by atoms with Crippen molar-refractivity contribution in [2.24, 2.45) is 23.2 Å². The van der Waals surface area contributed by atoms with Gasteiger partial charge in [-0.25, -0.2) is 0 Å². The number of ketones is 1. The lowest BCUT2D eigenvalue weighted by Crippen LogP contribution is -2.26. The van der Waals surface area contributed by atoms with Gasteiger partial charge in [0.2, 0.25) is 0 Å². The highest BCUT2D eigenvalue weighted by Gasteiger charge is 2.65. The second-order valence-electron chi connectivity index (χ2n) is 6.51. The van der Waals surface area contributed by atoms with Gasteiger partial charge >= 0.3 is 0 Å². The third kappa shape index (κ3) is 1.69. The van der Waals surface area contributed by atoms with Gasteiger partial charge in [-0.05, 0) is 49.0 Å². The molecule has 3 rings (SSSR count). The first kappa shape index (κ1) is 11.5. The molecule has 0 aromatic carbocycles. The van der Waals surface area contributed by atoms with Crippen molar-refractivity contribution in [3.8, 4) is 0 Å². The highest BCUT2D eigenvalue weighted by atomic mass is 16.5. The summed E-state index contributed by atoms with van der Waals surface area (Å²) in [6, 6.07) is 0. The van der Waals surface area contributed by atoms with E-state index in [1.54, 1.807) is 6.92 Å². The maximum atomic E-state index is 11.1. The molecule has 94 valence electrons. The summed E-state index contributed by atoms with van der Waals surface area (Å²) in [6.45, 7) is 9.00. The van der Waals surface area contributed by atoms with E-state index in [-0.39, 0.29) is 0 Å². The Bertz CT molecular complexity index is 367. The van der Waals surface area contributed by atoms with Crippen LogP contribution in [0.2, 0.25) is 0 Å². The lowest BCUT2D eigenvalue weighted by molar-refractivity contribution is -0.117. The van der Waals surface area contributed by atoms with Gasteiger partial charge in [0.15, 0.2) is 0 Å². The van der Waals surface area contributed by atoms with Crippen molar-refractivity contribution >= 4 is 5.78 Å². The number of hydrogen-bond donors (Lipinski definition) is 0. The summed E-state index contributed by atoms with van der Waals surface area (Å²) in [7, 11) is 0. The molecule has 2 aliphatic carbocycles. The molecule has 1 heterocycles. The molecule has 0 bridgehead atoms. The fraction of sp³-hybridized carbons (Fsp3) is 0.800. The molecule has 1 aliphatic heterocycles. The highest BCUT2D eigenvalue weighted by Crippen LogP contribution is 2.70. The molecular weight excluding hydrogens is 212 g/mol. The van der Waals surface area contributed by atoms with Crippen molar-refractivity contribution in [3.05, 3.63) is 12.2 Å². The van der Waals surface area contributed by atoms with Crippen LogP contribution in [0.5, 0.6) is 0 Å². The van der Waals surface area contributed by atoms with Crippen LogP contribution in [0, 0.1) is 23.2 Å². The number of carbonyl (C=O) groups excluding carboxylic acids is 1. The fourth-order valence-corrected chi connectivity index (χ4v) is 4.32. The zero-order valence-electron chi connectivity index (χ0n) is 10.9. The Hall–Kier alpha value is -0.630. The number of Topliss-reactive ketones (excluding diaryl/α,β-unsaturated/α-hetero) is 1. The SMILES string of the molecule is C=C1CO[C@@H]2C[C@]3(C)[C@@H](CCC(C)=O)[C@@H]3C[C@H]12. The van der Waals surface area contributed by atoms with Crippen LogP contribution in [0.1, 0.15) is 39.5 Å². The quantitative estimate of drug-likeness (QED) is 0.702. The van der Waals surface area contributed by atoms with E-state index < -0.39 is 0 Å². The molecule has 3 aliphatic rings. The minimum Gasteiger partial charge on any atom is -0.373 e. The number of carbonyl (C=O) groups is 1. The largest absolute Gasteiger partial charge is 0.373 e. The molecule has 0 N–H and O–H groups in total. The lowest BCUT2D eigenvalue weighted by atomic mass is 9.79. The van der Waals surface area contributed by atoms with Crippen LogP contribution in [0.4, 0.5) is 0 Å². The normalized spacial score (nSPS) is 47.5. The van der Waals surface area contributed by atoms with E-state index in [2.05, 4.69) is 13.5 Å². The Balaban J connectivity index is 1.66. The average molecular weight is 234 g/mol. The zero-order valence-corrected chi connectivity index (χ0v) is 10.9. The lowest BCUT2D eigenvalue weighted by Gasteiger charge is -2.28. The van der Waals surface area contributed by atoms with Crippen molar-refractivity contribution in [2.75, 3.05) is 6.61 Å². The first-order valence-electron chi connectivity index (χ1n) is 6.81. The van der Waals surface area contributed by atoms with Gasteiger partial charge in [0.05, 0.1) is 12.7 Å². The van der Waals surface area contributed by atoms with E-state index >= 15 is 0 Å². The molecule has 0 radical (unpaired) electrons. The Labute approximate surface area is 103 Å². The molecule has 0 amide bonds. The Morgan fingerprint density at radius 3 is 3.06 bits per heavy atom. The number of rotatable bonds is 3. The summed E-state index contributed by atoms with van der Waals surface area (Å²) in [5, 5.41) is 0. The van der Waals surface area contributed by atoms with Crippen LogP contribution < -0.4 is 0 Å². The number of fused-ring (bicyclic) bond motifs is 2. The predicted octanol–water partition coefficient (Wildman–Crippen LogP) is 2.97. The second kappa shape index (κ2) is 3.68. The summed E-state index contributed by atoms with van der Waals surface area (Å²) in [5.41, 5.74) is 1.76. The molecule has 17 heavy (non-hydrogen) atoms. The monoisotopic (exact) mass is 234 g/mol. The maximum Gasteiger partial charge on any atom is 0.129 e. The molecule has 2 saturated carbocycles. The van der Waals surface area contributed by atoms with E-state index in [1.807, 2.05) is 0 Å². The average Bonchev–Trinajstić information content (AvgIpc) is 2.68. The molecule has 5 atom stereocenters. The smallest absolute Gasteiger partial charge is 0.129 e. The Morgan fingerprint density at radius 2 is 2.35 bits per heavy atom. The first-order chi connectivity index (χ1) is 8.02. The minimum atomic E-state index is 0.332. The van der Waals surface area contributed by atoms with E-state index in [4.69, 9.17) is 4.74 Å². The van der Waals surface area contributed by atoms with Gasteiger partial charge in [-0.3, -0.25) is 0 Å². The van der Waals surface area contributed by atoms with Gasteiger partial charge in [0.25, 0.3) is 0 Å². The topological polar surface area (TPSA) is 26.3 Å². The van der Waals surface area contributed by atoms with Gasteiger partial charge < -0.3 is 9.53 Å². The van der Waals surface area contributed by atoms with Gasteiger partial charge in [0, 0.05) is 12.3 Å². The Morgan fingerprint density at radius 1 is 1.59 bits per heavy atom. The van der Waals surface area contributed by atoms with Crippen LogP contribution in [0.15, 0.2) is 12.2 Å². The number of hydrogen-bond acceptors (Lipinski definition) is 2.